The summed E-state index contributed by atoms with van der Waals surface area (Å²) in [6.45, 7) is 10.7. The van der Waals surface area contributed by atoms with Gasteiger partial charge in [0.25, 0.3) is 0 Å². The number of carbonyl (C=O) groups is 1. The largest absolute Gasteiger partial charge is 0.465 e. The van der Waals surface area contributed by atoms with Crippen molar-refractivity contribution in [2.45, 2.75) is 46.6 Å². The number of carbonyl (C=O) groups excluding carboxylic acids is 1. The fourth-order valence-corrected chi connectivity index (χ4v) is 1.36. The van der Waals surface area contributed by atoms with Gasteiger partial charge in [-0.15, -0.1) is 0 Å². The van der Waals surface area contributed by atoms with Crippen molar-refractivity contribution >= 4 is 5.97 Å². The van der Waals surface area contributed by atoms with E-state index >= 15 is 0 Å². The zero-order valence-electron chi connectivity index (χ0n) is 11.6. The molecule has 0 heterocycles. The van der Waals surface area contributed by atoms with Crippen molar-refractivity contribution < 1.29 is 14.3 Å². The van der Waals surface area contributed by atoms with Crippen molar-refractivity contribution in [1.29, 1.82) is 0 Å². The van der Waals surface area contributed by atoms with Gasteiger partial charge in [-0.3, -0.25) is 4.79 Å². The lowest BCUT2D eigenvalue weighted by Crippen LogP contribution is -2.39. The molecular formula is C13H27NO3. The maximum absolute atomic E-state index is 11.5. The fraction of sp³-hybridized carbons (Fsp3) is 0.923. The molecule has 0 aliphatic heterocycles. The Kier molecular flexibility index (Phi) is 10.2. The van der Waals surface area contributed by atoms with Crippen LogP contribution in [0.25, 0.3) is 0 Å². The molecule has 1 N–H and O–H groups in total. The third-order valence-electron chi connectivity index (χ3n) is 2.46. The minimum Gasteiger partial charge on any atom is -0.465 e. The van der Waals surface area contributed by atoms with Crippen molar-refractivity contribution in [2.24, 2.45) is 5.92 Å². The fourth-order valence-electron chi connectivity index (χ4n) is 1.36. The molecule has 0 aliphatic rings. The third-order valence-corrected chi connectivity index (χ3v) is 2.46. The van der Waals surface area contributed by atoms with Gasteiger partial charge >= 0.3 is 5.97 Å². The molecule has 1 atom stereocenters. The molecular weight excluding hydrogens is 218 g/mol. The number of esters is 1. The van der Waals surface area contributed by atoms with E-state index in [2.05, 4.69) is 19.2 Å². The Bertz CT molecular complexity index is 195. The van der Waals surface area contributed by atoms with Gasteiger partial charge in [0.15, 0.2) is 0 Å². The topological polar surface area (TPSA) is 47.6 Å². The number of hydrogen-bond donors (Lipinski definition) is 1. The lowest BCUT2D eigenvalue weighted by Gasteiger charge is -2.15. The quantitative estimate of drug-likeness (QED) is 0.472. The molecule has 0 bridgehead atoms. The summed E-state index contributed by atoms with van der Waals surface area (Å²) < 4.78 is 10.4. The Morgan fingerprint density at radius 2 is 1.94 bits per heavy atom. The maximum atomic E-state index is 11.5. The van der Waals surface area contributed by atoms with E-state index < -0.39 is 0 Å². The molecule has 0 aromatic rings. The van der Waals surface area contributed by atoms with Crippen molar-refractivity contribution in [3.8, 4) is 0 Å². The average molecular weight is 245 g/mol. The Hall–Kier alpha value is -0.610. The van der Waals surface area contributed by atoms with Crippen molar-refractivity contribution in [3.63, 3.8) is 0 Å². The Balaban J connectivity index is 3.53. The second-order valence-electron chi connectivity index (χ2n) is 4.46. The smallest absolute Gasteiger partial charge is 0.323 e. The van der Waals surface area contributed by atoms with Gasteiger partial charge in [-0.25, -0.2) is 0 Å². The first kappa shape index (κ1) is 16.4. The summed E-state index contributed by atoms with van der Waals surface area (Å²) in [5.41, 5.74) is 0. The summed E-state index contributed by atoms with van der Waals surface area (Å²) >= 11 is 0. The molecule has 4 nitrogen and oxygen atoms in total. The molecule has 102 valence electrons. The highest BCUT2D eigenvalue weighted by molar-refractivity contribution is 5.75. The van der Waals surface area contributed by atoms with E-state index in [9.17, 15) is 4.79 Å². The Labute approximate surface area is 105 Å². The van der Waals surface area contributed by atoms with E-state index in [1.165, 1.54) is 0 Å². The van der Waals surface area contributed by atoms with Crippen LogP contribution in [0.5, 0.6) is 0 Å². The second kappa shape index (κ2) is 10.5. The molecule has 17 heavy (non-hydrogen) atoms. The van der Waals surface area contributed by atoms with Crippen LogP contribution in [0, 0.1) is 5.92 Å². The van der Waals surface area contributed by atoms with Crippen LogP contribution < -0.4 is 5.32 Å². The Morgan fingerprint density at radius 3 is 2.47 bits per heavy atom. The molecule has 0 aromatic heterocycles. The molecule has 0 aromatic carbocycles. The number of ether oxygens (including phenoxy) is 2. The summed E-state index contributed by atoms with van der Waals surface area (Å²) in [6, 6.07) is -0.205. The number of hydrogen-bond acceptors (Lipinski definition) is 4. The first-order valence-electron chi connectivity index (χ1n) is 6.59. The normalized spacial score (nSPS) is 12.8. The SMILES string of the molecule is CCOC(=O)C(CC)NCCOCCC(C)C. The highest BCUT2D eigenvalue weighted by atomic mass is 16.5. The molecule has 0 rings (SSSR count). The Morgan fingerprint density at radius 1 is 1.24 bits per heavy atom. The van der Waals surface area contributed by atoms with E-state index in [-0.39, 0.29) is 12.0 Å². The number of rotatable bonds is 10. The molecule has 1 unspecified atom stereocenters. The van der Waals surface area contributed by atoms with E-state index in [4.69, 9.17) is 9.47 Å². The molecule has 0 radical (unpaired) electrons. The summed E-state index contributed by atoms with van der Waals surface area (Å²) in [5.74, 6) is 0.503. The first-order valence-corrected chi connectivity index (χ1v) is 6.59. The zero-order chi connectivity index (χ0) is 13.1. The lowest BCUT2D eigenvalue weighted by molar-refractivity contribution is -0.145. The van der Waals surface area contributed by atoms with E-state index in [0.29, 0.717) is 25.7 Å². The summed E-state index contributed by atoms with van der Waals surface area (Å²) in [6.07, 6.45) is 1.82. The van der Waals surface area contributed by atoms with Crippen LogP contribution in [0.3, 0.4) is 0 Å². The van der Waals surface area contributed by atoms with Gasteiger partial charge in [0.1, 0.15) is 6.04 Å². The molecule has 0 saturated carbocycles. The minimum absolute atomic E-state index is 0.169. The van der Waals surface area contributed by atoms with Gasteiger partial charge in [-0.05, 0) is 25.7 Å². The number of nitrogens with one attached hydrogen (secondary N) is 1. The van der Waals surface area contributed by atoms with Crippen molar-refractivity contribution in [2.75, 3.05) is 26.4 Å². The van der Waals surface area contributed by atoms with Crippen LogP contribution >= 0.6 is 0 Å². The maximum Gasteiger partial charge on any atom is 0.323 e. The van der Waals surface area contributed by atoms with Crippen LogP contribution in [-0.4, -0.2) is 38.4 Å². The predicted octanol–water partition coefficient (Wildman–Crippen LogP) is 1.98. The minimum atomic E-state index is -0.205. The molecule has 0 aliphatic carbocycles. The van der Waals surface area contributed by atoms with Gasteiger partial charge in [-0.1, -0.05) is 20.8 Å². The van der Waals surface area contributed by atoms with Crippen molar-refractivity contribution in [3.05, 3.63) is 0 Å². The van der Waals surface area contributed by atoms with Crippen LogP contribution in [-0.2, 0) is 14.3 Å². The van der Waals surface area contributed by atoms with Crippen molar-refractivity contribution in [1.82, 2.24) is 5.32 Å². The predicted molar refractivity (Wildman–Crippen MR) is 69.0 cm³/mol. The van der Waals surface area contributed by atoms with Gasteiger partial charge < -0.3 is 14.8 Å². The molecule has 0 fully saturated rings. The molecule has 4 heteroatoms. The van der Waals surface area contributed by atoms with Gasteiger partial charge in [-0.2, -0.15) is 0 Å². The summed E-state index contributed by atoms with van der Waals surface area (Å²) in [7, 11) is 0. The highest BCUT2D eigenvalue weighted by Gasteiger charge is 2.15. The lowest BCUT2D eigenvalue weighted by atomic mass is 10.1. The highest BCUT2D eigenvalue weighted by Crippen LogP contribution is 1.98. The summed E-state index contributed by atoms with van der Waals surface area (Å²) in [4.78, 5) is 11.5. The standard InChI is InChI=1S/C13H27NO3/c1-5-12(13(15)17-6-2)14-8-10-16-9-7-11(3)4/h11-12,14H,5-10H2,1-4H3. The van der Waals surface area contributed by atoms with Crippen LogP contribution in [0.4, 0.5) is 0 Å². The van der Waals surface area contributed by atoms with Gasteiger partial charge in [0, 0.05) is 13.2 Å². The van der Waals surface area contributed by atoms with E-state index in [1.807, 2.05) is 13.8 Å². The van der Waals surface area contributed by atoms with Gasteiger partial charge in [0.2, 0.25) is 0 Å². The van der Waals surface area contributed by atoms with Crippen LogP contribution in [0.15, 0.2) is 0 Å². The monoisotopic (exact) mass is 245 g/mol. The van der Waals surface area contributed by atoms with Crippen LogP contribution in [0.2, 0.25) is 0 Å². The molecule has 0 amide bonds. The van der Waals surface area contributed by atoms with E-state index in [0.717, 1.165) is 19.4 Å². The zero-order valence-corrected chi connectivity index (χ0v) is 11.6. The van der Waals surface area contributed by atoms with E-state index in [1.54, 1.807) is 0 Å². The molecule has 0 saturated heterocycles. The third kappa shape index (κ3) is 9.12. The second-order valence-corrected chi connectivity index (χ2v) is 4.46. The van der Waals surface area contributed by atoms with Crippen LogP contribution in [0.1, 0.15) is 40.5 Å². The van der Waals surface area contributed by atoms with Gasteiger partial charge in [0.05, 0.1) is 13.2 Å². The summed E-state index contributed by atoms with van der Waals surface area (Å²) in [5, 5.41) is 3.14. The first-order chi connectivity index (χ1) is 8.11. The average Bonchev–Trinajstić information content (AvgIpc) is 2.28. The molecule has 0 spiro atoms.